The smallest absolute Gasteiger partial charge is 0.131 e. The lowest BCUT2D eigenvalue weighted by Gasteiger charge is -2.12. The first-order valence-corrected chi connectivity index (χ1v) is 8.62. The minimum Gasteiger partial charge on any atom is -0.249 e. The zero-order valence-electron chi connectivity index (χ0n) is 12.4. The van der Waals surface area contributed by atoms with Gasteiger partial charge in [-0.15, -0.1) is 0 Å². The third kappa shape index (κ3) is 3.21. The van der Waals surface area contributed by atoms with E-state index in [0.717, 1.165) is 5.56 Å². The first-order valence-electron chi connectivity index (χ1n) is 7.10. The van der Waals surface area contributed by atoms with E-state index in [-0.39, 0.29) is 5.82 Å². The van der Waals surface area contributed by atoms with Crippen LogP contribution in [0.2, 0.25) is 5.02 Å². The van der Waals surface area contributed by atoms with Crippen LogP contribution in [0.5, 0.6) is 0 Å². The van der Waals surface area contributed by atoms with Gasteiger partial charge in [0.25, 0.3) is 0 Å². The summed E-state index contributed by atoms with van der Waals surface area (Å²) in [6, 6.07) is 18.9. The van der Waals surface area contributed by atoms with Gasteiger partial charge in [-0.05, 0) is 37.3 Å². The molecule has 1 atom stereocenters. The molecule has 0 spiro atoms. The Morgan fingerprint density at radius 3 is 2.30 bits per heavy atom. The maximum Gasteiger partial charge on any atom is 0.131 e. The van der Waals surface area contributed by atoms with Crippen molar-refractivity contribution >= 4 is 22.4 Å². The highest BCUT2D eigenvalue weighted by Crippen LogP contribution is 2.36. The highest BCUT2D eigenvalue weighted by Gasteiger charge is 2.18. The van der Waals surface area contributed by atoms with E-state index in [1.54, 1.807) is 36.4 Å². The van der Waals surface area contributed by atoms with Gasteiger partial charge < -0.3 is 0 Å². The van der Waals surface area contributed by atoms with Crippen molar-refractivity contribution in [2.45, 2.75) is 16.7 Å². The van der Waals surface area contributed by atoms with Crippen molar-refractivity contribution in [3.63, 3.8) is 0 Å². The number of rotatable bonds is 3. The van der Waals surface area contributed by atoms with Crippen molar-refractivity contribution in [1.82, 2.24) is 0 Å². The van der Waals surface area contributed by atoms with Gasteiger partial charge in [0.15, 0.2) is 0 Å². The zero-order valence-corrected chi connectivity index (χ0v) is 14.0. The minimum atomic E-state index is -1.44. The first kappa shape index (κ1) is 15.9. The second-order valence-corrected chi connectivity index (χ2v) is 7.03. The SMILES string of the molecule is Cc1ccc([S@](=O)c2cccc(Cl)c2-c2ccccc2F)cc1. The van der Waals surface area contributed by atoms with Crippen molar-refractivity contribution in [2.75, 3.05) is 0 Å². The van der Waals surface area contributed by atoms with Crippen molar-refractivity contribution in [3.8, 4) is 11.1 Å². The molecular weight excluding hydrogens is 331 g/mol. The molecule has 116 valence electrons. The maximum atomic E-state index is 14.2. The molecule has 0 radical (unpaired) electrons. The van der Waals surface area contributed by atoms with Gasteiger partial charge in [0.2, 0.25) is 0 Å². The van der Waals surface area contributed by atoms with E-state index in [4.69, 9.17) is 11.6 Å². The van der Waals surface area contributed by atoms with E-state index in [9.17, 15) is 8.60 Å². The number of hydrogen-bond acceptors (Lipinski definition) is 1. The number of aryl methyl sites for hydroxylation is 1. The molecule has 0 saturated heterocycles. The molecule has 0 saturated carbocycles. The summed E-state index contributed by atoms with van der Waals surface area (Å²) in [5.74, 6) is -0.386. The molecule has 0 aromatic heterocycles. The second kappa shape index (κ2) is 6.65. The van der Waals surface area contributed by atoms with E-state index >= 15 is 0 Å². The molecule has 0 heterocycles. The van der Waals surface area contributed by atoms with Crippen LogP contribution in [-0.4, -0.2) is 4.21 Å². The monoisotopic (exact) mass is 344 g/mol. The summed E-state index contributed by atoms with van der Waals surface area (Å²) in [5, 5.41) is 0.382. The quantitative estimate of drug-likeness (QED) is 0.602. The predicted octanol–water partition coefficient (Wildman–Crippen LogP) is 5.62. The van der Waals surface area contributed by atoms with Crippen LogP contribution in [0.3, 0.4) is 0 Å². The van der Waals surface area contributed by atoms with Crippen molar-refractivity contribution in [3.05, 3.63) is 83.1 Å². The zero-order chi connectivity index (χ0) is 16.4. The molecule has 3 aromatic carbocycles. The molecule has 0 aliphatic carbocycles. The highest BCUT2D eigenvalue weighted by atomic mass is 35.5. The van der Waals surface area contributed by atoms with Crippen LogP contribution in [0, 0.1) is 12.7 Å². The van der Waals surface area contributed by atoms with Crippen LogP contribution < -0.4 is 0 Å². The third-order valence-electron chi connectivity index (χ3n) is 3.55. The van der Waals surface area contributed by atoms with Gasteiger partial charge in [-0.2, -0.15) is 0 Å². The molecule has 1 nitrogen and oxygen atoms in total. The Kier molecular flexibility index (Phi) is 4.60. The summed E-state index contributed by atoms with van der Waals surface area (Å²) < 4.78 is 27.1. The number of benzene rings is 3. The molecule has 3 aromatic rings. The van der Waals surface area contributed by atoms with Crippen LogP contribution >= 0.6 is 11.6 Å². The Balaban J connectivity index is 2.17. The van der Waals surface area contributed by atoms with Crippen molar-refractivity contribution in [1.29, 1.82) is 0 Å². The second-order valence-electron chi connectivity index (χ2n) is 5.17. The van der Waals surface area contributed by atoms with Gasteiger partial charge in [-0.3, -0.25) is 0 Å². The Morgan fingerprint density at radius 2 is 1.61 bits per heavy atom. The van der Waals surface area contributed by atoms with Crippen LogP contribution in [0.15, 0.2) is 76.5 Å². The van der Waals surface area contributed by atoms with Crippen molar-refractivity contribution in [2.24, 2.45) is 0 Å². The van der Waals surface area contributed by atoms with E-state index in [2.05, 4.69) is 0 Å². The third-order valence-corrected chi connectivity index (χ3v) is 5.31. The fourth-order valence-electron chi connectivity index (χ4n) is 2.37. The molecule has 0 fully saturated rings. The van der Waals surface area contributed by atoms with E-state index < -0.39 is 10.8 Å². The molecule has 4 heteroatoms. The number of halogens is 2. The fraction of sp³-hybridized carbons (Fsp3) is 0.0526. The Labute approximate surface area is 142 Å². The molecule has 0 N–H and O–H groups in total. The Bertz CT molecular complexity index is 875. The molecule has 0 aliphatic heterocycles. The summed E-state index contributed by atoms with van der Waals surface area (Å²) in [7, 11) is -1.44. The average molecular weight is 345 g/mol. The first-order chi connectivity index (χ1) is 11.1. The van der Waals surface area contributed by atoms with Gasteiger partial charge >= 0.3 is 0 Å². The molecular formula is C19H14ClFOS. The van der Waals surface area contributed by atoms with E-state index in [0.29, 0.717) is 25.9 Å². The lowest BCUT2D eigenvalue weighted by atomic mass is 10.1. The fourth-order valence-corrected chi connectivity index (χ4v) is 3.95. The van der Waals surface area contributed by atoms with Gasteiger partial charge in [0.05, 0.1) is 15.7 Å². The predicted molar refractivity (Wildman–Crippen MR) is 92.7 cm³/mol. The largest absolute Gasteiger partial charge is 0.249 e. The van der Waals surface area contributed by atoms with Crippen LogP contribution in [0.1, 0.15) is 5.56 Å². The molecule has 0 amide bonds. The molecule has 3 rings (SSSR count). The molecule has 23 heavy (non-hydrogen) atoms. The standard InChI is InChI=1S/C19H14ClFOS/c1-13-9-11-14(12-10-13)23(22)18-8-4-6-16(20)19(18)15-5-2-3-7-17(15)21/h2-12H,1H3/t23-/m0/s1. The number of hydrogen-bond donors (Lipinski definition) is 0. The topological polar surface area (TPSA) is 17.1 Å². The van der Waals surface area contributed by atoms with E-state index in [1.807, 2.05) is 31.2 Å². The van der Waals surface area contributed by atoms with Crippen LogP contribution in [-0.2, 0) is 10.8 Å². The van der Waals surface area contributed by atoms with Crippen molar-refractivity contribution < 1.29 is 8.60 Å². The van der Waals surface area contributed by atoms with Crippen LogP contribution in [0.4, 0.5) is 4.39 Å². The minimum absolute atomic E-state index is 0.355. The Morgan fingerprint density at radius 1 is 0.913 bits per heavy atom. The van der Waals surface area contributed by atoms with Gasteiger partial charge in [-0.1, -0.05) is 53.6 Å². The summed E-state index contributed by atoms with van der Waals surface area (Å²) in [5.41, 5.74) is 1.92. The average Bonchev–Trinajstić information content (AvgIpc) is 2.56. The van der Waals surface area contributed by atoms with Gasteiger partial charge in [-0.25, -0.2) is 8.60 Å². The van der Waals surface area contributed by atoms with Gasteiger partial charge in [0, 0.05) is 21.0 Å². The molecule has 0 unspecified atom stereocenters. The lowest BCUT2D eigenvalue weighted by Crippen LogP contribution is -1.98. The summed E-state index contributed by atoms with van der Waals surface area (Å²) in [6.07, 6.45) is 0. The van der Waals surface area contributed by atoms with Gasteiger partial charge in [0.1, 0.15) is 5.82 Å². The lowest BCUT2D eigenvalue weighted by molar-refractivity contribution is 0.631. The Hall–Kier alpha value is -1.97. The molecule has 0 aliphatic rings. The highest BCUT2D eigenvalue weighted by molar-refractivity contribution is 7.85. The normalized spacial score (nSPS) is 12.1. The van der Waals surface area contributed by atoms with Crippen LogP contribution in [0.25, 0.3) is 11.1 Å². The molecule has 0 bridgehead atoms. The summed E-state index contributed by atoms with van der Waals surface area (Å²) >= 11 is 6.29. The van der Waals surface area contributed by atoms with E-state index in [1.165, 1.54) is 6.07 Å². The maximum absolute atomic E-state index is 14.2. The summed E-state index contributed by atoms with van der Waals surface area (Å²) in [6.45, 7) is 1.97. The summed E-state index contributed by atoms with van der Waals surface area (Å²) in [4.78, 5) is 1.17.